The Morgan fingerprint density at radius 3 is 3.00 bits per heavy atom. The van der Waals surface area contributed by atoms with Crippen LogP contribution in [0.15, 0.2) is 12.1 Å². The molecule has 1 aromatic heterocycles. The maximum absolute atomic E-state index is 9.86. The van der Waals surface area contributed by atoms with Crippen LogP contribution in [0.4, 0.5) is 0 Å². The average molecular weight is 309 g/mol. The standard InChI is InChI=1S/C16H27N3O3/c1-12-5-15(21-4)6-14(18-12)7-17-9-16(10-20)11-22-8-13(2)19(16)3/h5-6,13,17,20H,7-11H2,1-4H3/t13-,16+/m1/s1. The highest BCUT2D eigenvalue weighted by molar-refractivity contribution is 5.26. The zero-order valence-corrected chi connectivity index (χ0v) is 13.9. The Hall–Kier alpha value is -1.21. The van der Waals surface area contributed by atoms with Gasteiger partial charge in [-0.1, -0.05) is 0 Å². The van der Waals surface area contributed by atoms with Crippen molar-refractivity contribution in [1.82, 2.24) is 15.2 Å². The van der Waals surface area contributed by atoms with Gasteiger partial charge in [-0.25, -0.2) is 0 Å². The molecule has 2 rings (SSSR count). The lowest BCUT2D eigenvalue weighted by Gasteiger charge is -2.47. The van der Waals surface area contributed by atoms with Gasteiger partial charge in [0, 0.05) is 37.0 Å². The normalized spacial score (nSPS) is 26.1. The smallest absolute Gasteiger partial charge is 0.122 e. The minimum atomic E-state index is -0.383. The van der Waals surface area contributed by atoms with E-state index in [0.717, 1.165) is 17.1 Å². The van der Waals surface area contributed by atoms with Crippen molar-refractivity contribution in [3.8, 4) is 5.75 Å². The minimum Gasteiger partial charge on any atom is -0.497 e. The number of aliphatic hydroxyl groups excluding tert-OH is 1. The second-order valence-electron chi connectivity index (χ2n) is 6.10. The molecule has 0 aliphatic carbocycles. The number of nitrogens with one attached hydrogen (secondary N) is 1. The number of aliphatic hydroxyl groups is 1. The average Bonchev–Trinajstić information content (AvgIpc) is 2.51. The van der Waals surface area contributed by atoms with Gasteiger partial charge in [-0.05, 0) is 20.9 Å². The number of aryl methyl sites for hydroxylation is 1. The molecule has 0 saturated carbocycles. The van der Waals surface area contributed by atoms with Crippen LogP contribution in [0.2, 0.25) is 0 Å². The largest absolute Gasteiger partial charge is 0.497 e. The first kappa shape index (κ1) is 17.1. The molecule has 1 saturated heterocycles. The van der Waals surface area contributed by atoms with Crippen molar-refractivity contribution in [3.05, 3.63) is 23.5 Å². The summed E-state index contributed by atoms with van der Waals surface area (Å²) in [6.07, 6.45) is 0. The van der Waals surface area contributed by atoms with Crippen LogP contribution in [0.3, 0.4) is 0 Å². The van der Waals surface area contributed by atoms with Gasteiger partial charge in [-0.3, -0.25) is 9.88 Å². The third kappa shape index (κ3) is 3.76. The Morgan fingerprint density at radius 1 is 1.55 bits per heavy atom. The van der Waals surface area contributed by atoms with Crippen molar-refractivity contribution < 1.29 is 14.6 Å². The molecule has 2 heterocycles. The third-order valence-corrected chi connectivity index (χ3v) is 4.41. The summed E-state index contributed by atoms with van der Waals surface area (Å²) in [5.41, 5.74) is 1.48. The van der Waals surface area contributed by atoms with Gasteiger partial charge >= 0.3 is 0 Å². The van der Waals surface area contributed by atoms with Crippen molar-refractivity contribution in [2.24, 2.45) is 0 Å². The van der Waals surface area contributed by atoms with E-state index < -0.39 is 0 Å². The maximum atomic E-state index is 9.86. The fraction of sp³-hybridized carbons (Fsp3) is 0.688. The molecule has 1 aliphatic rings. The summed E-state index contributed by atoms with van der Waals surface area (Å²) in [5, 5.41) is 13.2. The molecule has 2 N–H and O–H groups in total. The maximum Gasteiger partial charge on any atom is 0.122 e. The van der Waals surface area contributed by atoms with Gasteiger partial charge in [-0.15, -0.1) is 0 Å². The van der Waals surface area contributed by atoms with Crippen LogP contribution >= 0.6 is 0 Å². The molecule has 6 heteroatoms. The van der Waals surface area contributed by atoms with Gasteiger partial charge in [0.1, 0.15) is 5.75 Å². The van der Waals surface area contributed by atoms with Gasteiger partial charge in [0.25, 0.3) is 0 Å². The van der Waals surface area contributed by atoms with Gasteiger partial charge in [-0.2, -0.15) is 0 Å². The second kappa shape index (κ2) is 7.37. The lowest BCUT2D eigenvalue weighted by Crippen LogP contribution is -2.65. The van der Waals surface area contributed by atoms with E-state index in [1.54, 1.807) is 7.11 Å². The van der Waals surface area contributed by atoms with Crippen LogP contribution in [0.5, 0.6) is 5.75 Å². The molecule has 22 heavy (non-hydrogen) atoms. The highest BCUT2D eigenvalue weighted by Gasteiger charge is 2.39. The molecule has 0 bridgehead atoms. The van der Waals surface area contributed by atoms with Crippen molar-refractivity contribution in [3.63, 3.8) is 0 Å². The van der Waals surface area contributed by atoms with E-state index in [-0.39, 0.29) is 12.1 Å². The van der Waals surface area contributed by atoms with Crippen molar-refractivity contribution >= 4 is 0 Å². The predicted octanol–water partition coefficient (Wildman–Crippen LogP) is 0.570. The van der Waals surface area contributed by atoms with E-state index in [0.29, 0.717) is 32.3 Å². The summed E-state index contributed by atoms with van der Waals surface area (Å²) < 4.78 is 10.9. The molecule has 0 aromatic carbocycles. The zero-order chi connectivity index (χ0) is 16.2. The van der Waals surface area contributed by atoms with E-state index >= 15 is 0 Å². The molecule has 1 aromatic rings. The summed E-state index contributed by atoms with van der Waals surface area (Å²) in [6.45, 7) is 6.62. The molecule has 1 aliphatic heterocycles. The number of nitrogens with zero attached hydrogens (tertiary/aromatic N) is 2. The predicted molar refractivity (Wildman–Crippen MR) is 85.1 cm³/mol. The van der Waals surface area contributed by atoms with Crippen molar-refractivity contribution in [1.29, 1.82) is 0 Å². The molecule has 124 valence electrons. The number of pyridine rings is 1. The molecule has 0 spiro atoms. The summed E-state index contributed by atoms with van der Waals surface area (Å²) in [4.78, 5) is 6.70. The number of hydrogen-bond donors (Lipinski definition) is 2. The van der Waals surface area contributed by atoms with E-state index in [4.69, 9.17) is 9.47 Å². The molecule has 0 unspecified atom stereocenters. The summed E-state index contributed by atoms with van der Waals surface area (Å²) in [7, 11) is 3.70. The first-order valence-corrected chi connectivity index (χ1v) is 7.64. The van der Waals surface area contributed by atoms with Crippen molar-refractivity contribution in [2.75, 3.05) is 40.5 Å². The molecule has 0 radical (unpaired) electrons. The molecular weight excluding hydrogens is 282 g/mol. The van der Waals surface area contributed by atoms with Crippen LogP contribution in [-0.2, 0) is 11.3 Å². The number of ether oxygens (including phenoxy) is 2. The number of aromatic nitrogens is 1. The van der Waals surface area contributed by atoms with Crippen molar-refractivity contribution in [2.45, 2.75) is 32.0 Å². The lowest BCUT2D eigenvalue weighted by atomic mass is 9.96. The Labute approximate surface area is 132 Å². The zero-order valence-electron chi connectivity index (χ0n) is 13.9. The number of hydrogen-bond acceptors (Lipinski definition) is 6. The molecule has 1 fully saturated rings. The fourth-order valence-electron chi connectivity index (χ4n) is 2.82. The first-order valence-electron chi connectivity index (χ1n) is 7.64. The number of rotatable bonds is 6. The van der Waals surface area contributed by atoms with Crippen LogP contribution in [0, 0.1) is 6.92 Å². The summed E-state index contributed by atoms with van der Waals surface area (Å²) in [5.74, 6) is 0.813. The molecule has 2 atom stereocenters. The fourth-order valence-corrected chi connectivity index (χ4v) is 2.82. The van der Waals surface area contributed by atoms with E-state index in [9.17, 15) is 5.11 Å². The Morgan fingerprint density at radius 2 is 2.32 bits per heavy atom. The lowest BCUT2D eigenvalue weighted by molar-refractivity contribution is -0.106. The Balaban J connectivity index is 1.98. The monoisotopic (exact) mass is 309 g/mol. The van der Waals surface area contributed by atoms with E-state index in [1.165, 1.54) is 0 Å². The Bertz CT molecular complexity index is 498. The Kier molecular flexibility index (Phi) is 5.74. The molecular formula is C16H27N3O3. The summed E-state index contributed by atoms with van der Waals surface area (Å²) in [6, 6.07) is 4.12. The highest BCUT2D eigenvalue weighted by atomic mass is 16.5. The quantitative estimate of drug-likeness (QED) is 0.801. The van der Waals surface area contributed by atoms with Gasteiger partial charge < -0.3 is 19.9 Å². The van der Waals surface area contributed by atoms with Gasteiger partial charge in [0.2, 0.25) is 0 Å². The van der Waals surface area contributed by atoms with Crippen LogP contribution < -0.4 is 10.1 Å². The highest BCUT2D eigenvalue weighted by Crippen LogP contribution is 2.22. The second-order valence-corrected chi connectivity index (χ2v) is 6.10. The van der Waals surface area contributed by atoms with E-state index in [1.807, 2.05) is 26.1 Å². The molecule has 0 amide bonds. The topological polar surface area (TPSA) is 66.8 Å². The molecule has 6 nitrogen and oxygen atoms in total. The SMILES string of the molecule is COc1cc(C)nc(CNC[C@]2(CO)COC[C@@H](C)N2C)c1. The van der Waals surface area contributed by atoms with Crippen LogP contribution in [0.25, 0.3) is 0 Å². The number of likely N-dealkylation sites (N-methyl/N-ethyl adjacent to an activating group) is 1. The first-order chi connectivity index (χ1) is 10.5. The number of morpholine rings is 1. The third-order valence-electron chi connectivity index (χ3n) is 4.41. The summed E-state index contributed by atoms with van der Waals surface area (Å²) >= 11 is 0. The van der Waals surface area contributed by atoms with Gasteiger partial charge in [0.05, 0.1) is 38.2 Å². The van der Waals surface area contributed by atoms with Crippen LogP contribution in [0.1, 0.15) is 18.3 Å². The van der Waals surface area contributed by atoms with Crippen LogP contribution in [-0.4, -0.2) is 67.1 Å². The minimum absolute atomic E-state index is 0.0609. The van der Waals surface area contributed by atoms with E-state index in [2.05, 4.69) is 22.1 Å². The number of methoxy groups -OCH3 is 1. The van der Waals surface area contributed by atoms with Gasteiger partial charge in [0.15, 0.2) is 0 Å².